The Hall–Kier alpha value is -1.06. The van der Waals surface area contributed by atoms with Crippen LogP contribution in [0.4, 0.5) is 0 Å². The van der Waals surface area contributed by atoms with Gasteiger partial charge in [-0.05, 0) is 18.8 Å². The molecule has 1 saturated carbocycles. The first-order chi connectivity index (χ1) is 7.68. The molecule has 1 heterocycles. The molecule has 0 unspecified atom stereocenters. The maximum Gasteiger partial charge on any atom is 0.251 e. The van der Waals surface area contributed by atoms with Gasteiger partial charge in [-0.25, -0.2) is 0 Å². The van der Waals surface area contributed by atoms with Crippen LogP contribution >= 0.6 is 0 Å². The lowest BCUT2D eigenvalue weighted by Crippen LogP contribution is -2.29. The van der Waals surface area contributed by atoms with E-state index in [2.05, 4.69) is 5.32 Å². The zero-order chi connectivity index (χ0) is 11.5. The van der Waals surface area contributed by atoms with Gasteiger partial charge in [-0.1, -0.05) is 32.1 Å². The number of hydrogen-bond donors (Lipinski definition) is 2. The minimum Gasteiger partial charge on any atom is -0.344 e. The monoisotopic (exact) mass is 223 g/mol. The van der Waals surface area contributed by atoms with Gasteiger partial charge in [-0.15, -0.1) is 0 Å². The van der Waals surface area contributed by atoms with E-state index < -0.39 is 0 Å². The van der Waals surface area contributed by atoms with Crippen molar-refractivity contribution in [3.63, 3.8) is 0 Å². The molecule has 0 aromatic heterocycles. The quantitative estimate of drug-likeness (QED) is 0.765. The van der Waals surface area contributed by atoms with E-state index in [1.807, 2.05) is 0 Å². The van der Waals surface area contributed by atoms with Crippen molar-refractivity contribution < 1.29 is 4.79 Å². The standard InChI is InChI=1S/C12H21N3O/c1-15-11(16)10(14-12(15)13)8-7-9-5-3-2-4-6-9/h9-10H,2-8H2,1H3,(H2,13,14)/t10-/m1/s1. The molecule has 4 nitrogen and oxygen atoms in total. The first-order valence-electron chi connectivity index (χ1n) is 6.31. The number of amides is 1. The number of nitrogens with one attached hydrogen (secondary N) is 2. The van der Waals surface area contributed by atoms with Crippen molar-refractivity contribution in [2.45, 2.75) is 51.0 Å². The molecule has 2 fully saturated rings. The fourth-order valence-corrected chi connectivity index (χ4v) is 2.74. The molecule has 2 N–H and O–H groups in total. The summed E-state index contributed by atoms with van der Waals surface area (Å²) in [6, 6.07) is -0.139. The fourth-order valence-electron chi connectivity index (χ4n) is 2.74. The average molecular weight is 223 g/mol. The summed E-state index contributed by atoms with van der Waals surface area (Å²) in [6.45, 7) is 0. The summed E-state index contributed by atoms with van der Waals surface area (Å²) in [5, 5.41) is 10.5. The Morgan fingerprint density at radius 1 is 1.31 bits per heavy atom. The summed E-state index contributed by atoms with van der Waals surface area (Å²) in [6.07, 6.45) is 8.76. The minimum absolute atomic E-state index is 0.0563. The number of carbonyl (C=O) groups is 1. The molecule has 2 aliphatic rings. The average Bonchev–Trinajstić information content (AvgIpc) is 2.56. The lowest BCUT2D eigenvalue weighted by Gasteiger charge is -2.22. The van der Waals surface area contributed by atoms with Crippen LogP contribution in [0.5, 0.6) is 0 Å². The number of carbonyl (C=O) groups excluding carboxylic acids is 1. The van der Waals surface area contributed by atoms with Crippen molar-refractivity contribution in [2.24, 2.45) is 5.92 Å². The van der Waals surface area contributed by atoms with Crippen LogP contribution in [-0.2, 0) is 4.79 Å². The molecule has 1 saturated heterocycles. The SMILES string of the molecule is CN1C(=N)N[C@H](CCC2CCCCC2)C1=O. The van der Waals surface area contributed by atoms with Crippen LogP contribution < -0.4 is 5.32 Å². The highest BCUT2D eigenvalue weighted by molar-refractivity contribution is 6.04. The van der Waals surface area contributed by atoms with Gasteiger partial charge >= 0.3 is 0 Å². The molecular formula is C12H21N3O. The van der Waals surface area contributed by atoms with Gasteiger partial charge < -0.3 is 5.32 Å². The minimum atomic E-state index is -0.139. The third-order valence-electron chi connectivity index (χ3n) is 3.86. The second kappa shape index (κ2) is 4.85. The van der Waals surface area contributed by atoms with E-state index >= 15 is 0 Å². The van der Waals surface area contributed by atoms with Gasteiger partial charge in [0.25, 0.3) is 5.91 Å². The lowest BCUT2D eigenvalue weighted by molar-refractivity contribution is -0.126. The van der Waals surface area contributed by atoms with E-state index in [-0.39, 0.29) is 17.9 Å². The molecule has 0 radical (unpaired) electrons. The van der Waals surface area contributed by atoms with Gasteiger partial charge in [0.2, 0.25) is 0 Å². The molecule has 1 atom stereocenters. The first-order valence-corrected chi connectivity index (χ1v) is 6.31. The smallest absolute Gasteiger partial charge is 0.251 e. The maximum absolute atomic E-state index is 11.7. The number of hydrogen-bond acceptors (Lipinski definition) is 2. The second-order valence-electron chi connectivity index (χ2n) is 5.02. The molecule has 90 valence electrons. The Kier molecular flexibility index (Phi) is 3.46. The van der Waals surface area contributed by atoms with E-state index in [1.165, 1.54) is 37.0 Å². The van der Waals surface area contributed by atoms with Gasteiger partial charge in [0, 0.05) is 7.05 Å². The Bertz CT molecular complexity index is 284. The Morgan fingerprint density at radius 3 is 2.56 bits per heavy atom. The molecule has 0 bridgehead atoms. The number of rotatable bonds is 3. The van der Waals surface area contributed by atoms with Gasteiger partial charge in [-0.3, -0.25) is 15.1 Å². The summed E-state index contributed by atoms with van der Waals surface area (Å²) in [7, 11) is 1.66. The second-order valence-corrected chi connectivity index (χ2v) is 5.02. The summed E-state index contributed by atoms with van der Waals surface area (Å²) in [5.74, 6) is 1.11. The van der Waals surface area contributed by atoms with Crippen LogP contribution in [-0.4, -0.2) is 29.9 Å². The number of guanidine groups is 1. The molecule has 1 amide bonds. The van der Waals surface area contributed by atoms with Crippen LogP contribution in [0, 0.1) is 11.3 Å². The summed E-state index contributed by atoms with van der Waals surface area (Å²) < 4.78 is 0. The molecule has 16 heavy (non-hydrogen) atoms. The lowest BCUT2D eigenvalue weighted by atomic mass is 9.85. The maximum atomic E-state index is 11.7. The van der Waals surface area contributed by atoms with Crippen LogP contribution in [0.25, 0.3) is 0 Å². The fraction of sp³-hybridized carbons (Fsp3) is 0.833. The zero-order valence-corrected chi connectivity index (χ0v) is 9.96. The predicted octanol–water partition coefficient (Wildman–Crippen LogP) is 1.71. The van der Waals surface area contributed by atoms with E-state index in [0.29, 0.717) is 0 Å². The summed E-state index contributed by atoms with van der Waals surface area (Å²) >= 11 is 0. The van der Waals surface area contributed by atoms with Crippen LogP contribution in [0.15, 0.2) is 0 Å². The van der Waals surface area contributed by atoms with Crippen molar-refractivity contribution in [1.82, 2.24) is 10.2 Å². The highest BCUT2D eigenvalue weighted by atomic mass is 16.2. The highest BCUT2D eigenvalue weighted by Gasteiger charge is 2.32. The van der Waals surface area contributed by atoms with Crippen molar-refractivity contribution >= 4 is 11.9 Å². The molecule has 0 aromatic rings. The topological polar surface area (TPSA) is 56.2 Å². The largest absolute Gasteiger partial charge is 0.344 e. The normalized spacial score (nSPS) is 27.3. The van der Waals surface area contributed by atoms with Gasteiger partial charge in [0.05, 0.1) is 0 Å². The number of likely N-dealkylation sites (N-methyl/N-ethyl adjacent to an activating group) is 1. The first kappa shape index (κ1) is 11.4. The van der Waals surface area contributed by atoms with E-state index in [9.17, 15) is 4.79 Å². The summed E-state index contributed by atoms with van der Waals surface area (Å²) in [5.41, 5.74) is 0. The number of nitrogens with zero attached hydrogens (tertiary/aromatic N) is 1. The Morgan fingerprint density at radius 2 is 2.00 bits per heavy atom. The zero-order valence-electron chi connectivity index (χ0n) is 9.96. The Balaban J connectivity index is 1.77. The third-order valence-corrected chi connectivity index (χ3v) is 3.86. The van der Waals surface area contributed by atoms with Gasteiger partial charge in [0.15, 0.2) is 5.96 Å². The van der Waals surface area contributed by atoms with E-state index in [0.717, 1.165) is 18.8 Å². The van der Waals surface area contributed by atoms with Crippen LogP contribution in [0.3, 0.4) is 0 Å². The van der Waals surface area contributed by atoms with Crippen molar-refractivity contribution in [1.29, 1.82) is 5.41 Å². The highest BCUT2D eigenvalue weighted by Crippen LogP contribution is 2.28. The molecule has 4 heteroatoms. The van der Waals surface area contributed by atoms with Gasteiger partial charge in [-0.2, -0.15) is 0 Å². The Labute approximate surface area is 96.9 Å². The predicted molar refractivity (Wildman–Crippen MR) is 63.2 cm³/mol. The van der Waals surface area contributed by atoms with Crippen molar-refractivity contribution in [3.8, 4) is 0 Å². The molecule has 1 aliphatic heterocycles. The molecular weight excluding hydrogens is 202 g/mol. The molecule has 0 spiro atoms. The molecule has 1 aliphatic carbocycles. The molecule has 0 aromatic carbocycles. The third kappa shape index (κ3) is 2.36. The van der Waals surface area contributed by atoms with Crippen molar-refractivity contribution in [2.75, 3.05) is 7.05 Å². The van der Waals surface area contributed by atoms with Gasteiger partial charge in [0.1, 0.15) is 6.04 Å². The van der Waals surface area contributed by atoms with Crippen LogP contribution in [0.2, 0.25) is 0 Å². The van der Waals surface area contributed by atoms with Crippen LogP contribution in [0.1, 0.15) is 44.9 Å². The van der Waals surface area contributed by atoms with E-state index in [4.69, 9.17) is 5.41 Å². The van der Waals surface area contributed by atoms with E-state index in [1.54, 1.807) is 7.05 Å². The molecule has 2 rings (SSSR count). The van der Waals surface area contributed by atoms with Crippen molar-refractivity contribution in [3.05, 3.63) is 0 Å². The summed E-state index contributed by atoms with van der Waals surface area (Å²) in [4.78, 5) is 13.1.